The third kappa shape index (κ3) is 6.37. The molecule has 6 heteroatoms. The molecule has 0 saturated carbocycles. The molecule has 0 spiro atoms. The van der Waals surface area contributed by atoms with Crippen LogP contribution in [0, 0.1) is 0 Å². The van der Waals surface area contributed by atoms with Gasteiger partial charge in [-0.2, -0.15) is 0 Å². The van der Waals surface area contributed by atoms with Crippen LogP contribution in [-0.4, -0.2) is 35.9 Å². The minimum absolute atomic E-state index is 0.149. The number of nitrogens with one attached hydrogen (secondary N) is 1. The number of amides is 1. The van der Waals surface area contributed by atoms with Crippen molar-refractivity contribution in [2.24, 2.45) is 11.5 Å². The van der Waals surface area contributed by atoms with Crippen LogP contribution in [0.5, 0.6) is 5.75 Å². The van der Waals surface area contributed by atoms with E-state index in [2.05, 4.69) is 5.32 Å². The number of rotatable bonds is 9. The monoisotopic (exact) mass is 292 g/mol. The molecule has 0 fully saturated rings. The Morgan fingerprint density at radius 1 is 1.29 bits per heavy atom. The van der Waals surface area contributed by atoms with E-state index in [0.717, 1.165) is 18.4 Å². The van der Waals surface area contributed by atoms with Gasteiger partial charge in [0, 0.05) is 6.42 Å². The van der Waals surface area contributed by atoms with Crippen LogP contribution in [-0.2, 0) is 16.0 Å². The summed E-state index contributed by atoms with van der Waals surface area (Å²) in [4.78, 5) is 22.8. The molecule has 0 saturated heterocycles. The SMILES string of the molecule is NCCCCC(N)C(=O)NC([C]=O)Cc1ccc(O)cc1. The van der Waals surface area contributed by atoms with Gasteiger partial charge in [0.05, 0.1) is 12.1 Å². The highest BCUT2D eigenvalue weighted by Gasteiger charge is 2.18. The molecule has 2 unspecified atom stereocenters. The first-order valence-corrected chi connectivity index (χ1v) is 6.98. The Morgan fingerprint density at radius 3 is 2.52 bits per heavy atom. The predicted molar refractivity (Wildman–Crippen MR) is 80.3 cm³/mol. The maximum atomic E-state index is 11.9. The van der Waals surface area contributed by atoms with Gasteiger partial charge < -0.3 is 21.9 Å². The van der Waals surface area contributed by atoms with Crippen molar-refractivity contribution in [1.82, 2.24) is 5.32 Å². The summed E-state index contributed by atoms with van der Waals surface area (Å²) in [5, 5.41) is 11.8. The maximum absolute atomic E-state index is 11.9. The van der Waals surface area contributed by atoms with E-state index in [9.17, 15) is 14.7 Å². The third-order valence-electron chi connectivity index (χ3n) is 3.14. The van der Waals surface area contributed by atoms with Gasteiger partial charge in [-0.25, -0.2) is 0 Å². The molecule has 1 aromatic carbocycles. The van der Waals surface area contributed by atoms with Crippen LogP contribution >= 0.6 is 0 Å². The molecular weight excluding hydrogens is 270 g/mol. The van der Waals surface area contributed by atoms with Crippen LogP contribution < -0.4 is 16.8 Å². The fraction of sp³-hybridized carbons (Fsp3) is 0.467. The lowest BCUT2D eigenvalue weighted by Gasteiger charge is -2.16. The number of carbonyl (C=O) groups is 1. The van der Waals surface area contributed by atoms with Crippen molar-refractivity contribution in [3.05, 3.63) is 29.8 Å². The number of carbonyl (C=O) groups excluding carboxylic acids is 2. The standard InChI is InChI=1S/C15H22N3O3/c16-8-2-1-3-14(17)15(21)18-12(10-19)9-11-4-6-13(20)7-5-11/h4-7,12,14,20H,1-3,8-9,16-17H2,(H,18,21). The molecule has 2 atom stereocenters. The second-order valence-corrected chi connectivity index (χ2v) is 4.94. The van der Waals surface area contributed by atoms with Gasteiger partial charge in [-0.3, -0.25) is 9.59 Å². The minimum atomic E-state index is -0.748. The summed E-state index contributed by atoms with van der Waals surface area (Å²) in [6, 6.07) is 5.03. The first-order chi connectivity index (χ1) is 10.1. The fourth-order valence-electron chi connectivity index (χ4n) is 1.91. The van der Waals surface area contributed by atoms with E-state index in [-0.39, 0.29) is 11.7 Å². The summed E-state index contributed by atoms with van der Waals surface area (Å²) >= 11 is 0. The number of unbranched alkanes of at least 4 members (excludes halogenated alkanes) is 1. The molecule has 0 aliphatic rings. The predicted octanol–water partition coefficient (Wildman–Crippen LogP) is -0.0145. The second kappa shape index (κ2) is 9.10. The number of hydrogen-bond donors (Lipinski definition) is 4. The highest BCUT2D eigenvalue weighted by atomic mass is 16.3. The molecule has 1 amide bonds. The molecule has 1 radical (unpaired) electrons. The second-order valence-electron chi connectivity index (χ2n) is 4.94. The summed E-state index contributed by atoms with van der Waals surface area (Å²) in [6.07, 6.45) is 4.24. The Morgan fingerprint density at radius 2 is 1.95 bits per heavy atom. The number of phenolic OH excluding ortho intramolecular Hbond substituents is 1. The van der Waals surface area contributed by atoms with Crippen molar-refractivity contribution in [1.29, 1.82) is 0 Å². The lowest BCUT2D eigenvalue weighted by Crippen LogP contribution is -2.46. The molecule has 0 aromatic heterocycles. The van der Waals surface area contributed by atoms with Crippen LogP contribution in [0.2, 0.25) is 0 Å². The molecule has 1 aromatic rings. The van der Waals surface area contributed by atoms with Crippen LogP contribution in [0.1, 0.15) is 24.8 Å². The lowest BCUT2D eigenvalue weighted by molar-refractivity contribution is -0.122. The summed E-state index contributed by atoms with van der Waals surface area (Å²) in [6.45, 7) is 0.569. The van der Waals surface area contributed by atoms with E-state index in [1.165, 1.54) is 12.1 Å². The number of aromatic hydroxyl groups is 1. The van der Waals surface area contributed by atoms with Gasteiger partial charge in [0.25, 0.3) is 0 Å². The Labute approximate surface area is 124 Å². The first kappa shape index (κ1) is 17.1. The van der Waals surface area contributed by atoms with Crippen molar-refractivity contribution in [2.45, 2.75) is 37.8 Å². The quantitative estimate of drug-likeness (QED) is 0.477. The smallest absolute Gasteiger partial charge is 0.237 e. The van der Waals surface area contributed by atoms with Gasteiger partial charge >= 0.3 is 0 Å². The van der Waals surface area contributed by atoms with Gasteiger partial charge in [-0.1, -0.05) is 18.6 Å². The molecule has 1 rings (SSSR count). The Balaban J connectivity index is 2.47. The summed E-state index contributed by atoms with van der Waals surface area (Å²) in [5.74, 6) is -0.213. The van der Waals surface area contributed by atoms with E-state index in [4.69, 9.17) is 11.5 Å². The topological polar surface area (TPSA) is 118 Å². The summed E-state index contributed by atoms with van der Waals surface area (Å²) < 4.78 is 0. The van der Waals surface area contributed by atoms with Gasteiger partial charge in [-0.15, -0.1) is 0 Å². The van der Waals surface area contributed by atoms with E-state index in [1.807, 2.05) is 0 Å². The highest BCUT2D eigenvalue weighted by Crippen LogP contribution is 2.11. The number of phenols is 1. The molecule has 6 nitrogen and oxygen atoms in total. The maximum Gasteiger partial charge on any atom is 0.237 e. The van der Waals surface area contributed by atoms with Gasteiger partial charge in [0.1, 0.15) is 5.75 Å². The molecule has 6 N–H and O–H groups in total. The zero-order valence-corrected chi connectivity index (χ0v) is 11.9. The number of hydrogen-bond acceptors (Lipinski definition) is 5. The lowest BCUT2D eigenvalue weighted by atomic mass is 10.1. The molecule has 21 heavy (non-hydrogen) atoms. The molecule has 0 heterocycles. The molecule has 115 valence electrons. The summed E-state index contributed by atoms with van der Waals surface area (Å²) in [7, 11) is 0. The molecule has 0 aliphatic carbocycles. The first-order valence-electron chi connectivity index (χ1n) is 6.98. The normalized spacial score (nSPS) is 13.4. The van der Waals surface area contributed by atoms with E-state index in [0.29, 0.717) is 19.4 Å². The van der Waals surface area contributed by atoms with Crippen molar-refractivity contribution < 1.29 is 14.7 Å². The van der Waals surface area contributed by atoms with Gasteiger partial charge in [0.15, 0.2) is 0 Å². The van der Waals surface area contributed by atoms with Crippen molar-refractivity contribution >= 4 is 12.2 Å². The van der Waals surface area contributed by atoms with Crippen molar-refractivity contribution in [3.63, 3.8) is 0 Å². The number of nitrogens with two attached hydrogens (primary N) is 2. The average Bonchev–Trinajstić information content (AvgIpc) is 2.48. The van der Waals surface area contributed by atoms with Crippen molar-refractivity contribution in [2.75, 3.05) is 6.54 Å². The Bertz CT molecular complexity index is 448. The van der Waals surface area contributed by atoms with Crippen LogP contribution in [0.3, 0.4) is 0 Å². The van der Waals surface area contributed by atoms with Crippen LogP contribution in [0.15, 0.2) is 24.3 Å². The zero-order valence-electron chi connectivity index (χ0n) is 11.9. The fourth-order valence-corrected chi connectivity index (χ4v) is 1.91. The molecular formula is C15H22N3O3. The third-order valence-corrected chi connectivity index (χ3v) is 3.14. The average molecular weight is 292 g/mol. The van der Waals surface area contributed by atoms with E-state index < -0.39 is 12.1 Å². The summed E-state index contributed by atoms with van der Waals surface area (Å²) in [5.41, 5.74) is 12.0. The molecule has 0 aliphatic heterocycles. The van der Waals surface area contributed by atoms with Crippen molar-refractivity contribution in [3.8, 4) is 5.75 Å². The van der Waals surface area contributed by atoms with Crippen LogP contribution in [0.25, 0.3) is 0 Å². The largest absolute Gasteiger partial charge is 0.508 e. The van der Waals surface area contributed by atoms with Crippen LogP contribution in [0.4, 0.5) is 0 Å². The van der Waals surface area contributed by atoms with Gasteiger partial charge in [-0.05, 0) is 37.1 Å². The number of benzene rings is 1. The van der Waals surface area contributed by atoms with E-state index >= 15 is 0 Å². The van der Waals surface area contributed by atoms with Gasteiger partial charge in [0.2, 0.25) is 12.2 Å². The highest BCUT2D eigenvalue weighted by molar-refractivity contribution is 5.84. The Kier molecular flexibility index (Phi) is 7.42. The zero-order chi connectivity index (χ0) is 15.7. The van der Waals surface area contributed by atoms with E-state index in [1.54, 1.807) is 18.4 Å². The Hall–Kier alpha value is -1.92. The molecule has 0 bridgehead atoms. The minimum Gasteiger partial charge on any atom is -0.508 e.